The second-order valence-electron chi connectivity index (χ2n) is 6.82. The summed E-state index contributed by atoms with van der Waals surface area (Å²) in [4.78, 5) is 0. The van der Waals surface area contributed by atoms with Gasteiger partial charge >= 0.3 is 0 Å². The molecule has 0 fully saturated rings. The van der Waals surface area contributed by atoms with E-state index in [9.17, 15) is 0 Å². The zero-order chi connectivity index (χ0) is 17.8. The van der Waals surface area contributed by atoms with E-state index in [1.54, 1.807) is 0 Å². The first-order chi connectivity index (χ1) is 12.2. The third-order valence-electron chi connectivity index (χ3n) is 5.49. The molecule has 1 heterocycles. The summed E-state index contributed by atoms with van der Waals surface area (Å²) in [6.45, 7) is 10.8. The molecule has 0 radical (unpaired) electrons. The lowest BCUT2D eigenvalue weighted by atomic mass is 9.82. The number of allylic oxidation sites excluding steroid dienone is 7. The maximum absolute atomic E-state index is 4.07. The first-order valence-electron chi connectivity index (χ1n) is 9.48. The van der Waals surface area contributed by atoms with E-state index in [1.165, 1.54) is 46.2 Å². The van der Waals surface area contributed by atoms with Gasteiger partial charge in [0.1, 0.15) is 0 Å². The van der Waals surface area contributed by atoms with Gasteiger partial charge in [0.15, 0.2) is 0 Å². The number of fused-ring (bicyclic) bond motifs is 1. The lowest BCUT2D eigenvalue weighted by molar-refractivity contribution is 0.618. The Balaban J connectivity index is 2.18. The number of benzene rings is 1. The Bertz CT molecular complexity index is 770. The SMILES string of the molecule is C=CC1=C(/C=C\C)Cc2c1ccc(C(CC)CC)c2C1C=CC=CN1. The van der Waals surface area contributed by atoms with Gasteiger partial charge in [0.2, 0.25) is 0 Å². The van der Waals surface area contributed by atoms with Crippen molar-refractivity contribution in [1.29, 1.82) is 0 Å². The predicted octanol–water partition coefficient (Wildman–Crippen LogP) is 6.38. The molecule has 0 aromatic heterocycles. The third-order valence-corrected chi connectivity index (χ3v) is 5.49. The van der Waals surface area contributed by atoms with Gasteiger partial charge in [0.05, 0.1) is 6.04 Å². The van der Waals surface area contributed by atoms with Gasteiger partial charge in [-0.15, -0.1) is 0 Å². The molecule has 0 amide bonds. The molecule has 0 spiro atoms. The normalized spacial score (nSPS) is 19.0. The zero-order valence-electron chi connectivity index (χ0n) is 15.7. The monoisotopic (exact) mass is 331 g/mol. The van der Waals surface area contributed by atoms with Crippen LogP contribution in [0.25, 0.3) is 5.57 Å². The van der Waals surface area contributed by atoms with E-state index >= 15 is 0 Å². The molecule has 1 aliphatic heterocycles. The highest BCUT2D eigenvalue weighted by molar-refractivity contribution is 5.85. The van der Waals surface area contributed by atoms with Crippen molar-refractivity contribution in [2.24, 2.45) is 0 Å². The molecule has 1 aromatic rings. The van der Waals surface area contributed by atoms with Crippen molar-refractivity contribution in [2.45, 2.75) is 52.0 Å². The van der Waals surface area contributed by atoms with Crippen molar-refractivity contribution in [3.63, 3.8) is 0 Å². The highest BCUT2D eigenvalue weighted by atomic mass is 14.9. The van der Waals surface area contributed by atoms with Crippen molar-refractivity contribution in [2.75, 3.05) is 0 Å². The molecule has 1 nitrogen and oxygen atoms in total. The standard InChI is InChI=1S/C24H29N/c1-5-11-18-16-22-21(19(18)8-4)14-13-20(17(6-2)7-3)24(22)23-12-9-10-15-25-23/h5,8-15,17,23,25H,4,6-7,16H2,1-3H3/b11-5-. The molecule has 25 heavy (non-hydrogen) atoms. The minimum atomic E-state index is 0.256. The van der Waals surface area contributed by atoms with Crippen molar-refractivity contribution < 1.29 is 0 Å². The fourth-order valence-electron chi connectivity index (χ4n) is 4.25. The predicted molar refractivity (Wildman–Crippen MR) is 110 cm³/mol. The quantitative estimate of drug-likeness (QED) is 0.638. The lowest BCUT2D eigenvalue weighted by Gasteiger charge is -2.27. The largest absolute Gasteiger partial charge is 0.381 e. The smallest absolute Gasteiger partial charge is 0.0701 e. The van der Waals surface area contributed by atoms with Crippen molar-refractivity contribution >= 4 is 5.57 Å². The van der Waals surface area contributed by atoms with Crippen LogP contribution in [-0.4, -0.2) is 0 Å². The Morgan fingerprint density at radius 1 is 1.24 bits per heavy atom. The van der Waals surface area contributed by atoms with Gasteiger partial charge in [0.25, 0.3) is 0 Å². The van der Waals surface area contributed by atoms with Crippen LogP contribution in [0.15, 0.2) is 66.9 Å². The van der Waals surface area contributed by atoms with Crippen LogP contribution in [0.1, 0.15) is 67.8 Å². The highest BCUT2D eigenvalue weighted by Gasteiger charge is 2.28. The van der Waals surface area contributed by atoms with Gasteiger partial charge in [0, 0.05) is 0 Å². The summed E-state index contributed by atoms with van der Waals surface area (Å²) < 4.78 is 0. The number of hydrogen-bond donors (Lipinski definition) is 1. The molecular weight excluding hydrogens is 302 g/mol. The van der Waals surface area contributed by atoms with Crippen LogP contribution in [0.4, 0.5) is 0 Å². The number of rotatable bonds is 6. The molecule has 130 valence electrons. The van der Waals surface area contributed by atoms with Crippen LogP contribution in [-0.2, 0) is 6.42 Å². The van der Waals surface area contributed by atoms with E-state index in [0.29, 0.717) is 5.92 Å². The molecule has 1 aromatic carbocycles. The fourth-order valence-corrected chi connectivity index (χ4v) is 4.25. The van der Waals surface area contributed by atoms with Crippen molar-refractivity contribution in [3.8, 4) is 0 Å². The Hall–Kier alpha value is -2.28. The van der Waals surface area contributed by atoms with E-state index in [4.69, 9.17) is 0 Å². The molecule has 1 heteroatoms. The van der Waals surface area contributed by atoms with Crippen LogP contribution in [0.5, 0.6) is 0 Å². The molecule has 2 aliphatic rings. The fraction of sp³-hybridized carbons (Fsp3) is 0.333. The van der Waals surface area contributed by atoms with Crippen LogP contribution in [0.3, 0.4) is 0 Å². The van der Waals surface area contributed by atoms with Crippen LogP contribution < -0.4 is 5.32 Å². The van der Waals surface area contributed by atoms with Gasteiger partial charge in [-0.2, -0.15) is 0 Å². The maximum Gasteiger partial charge on any atom is 0.0701 e. The molecule has 0 bridgehead atoms. The minimum Gasteiger partial charge on any atom is -0.381 e. The molecule has 0 saturated carbocycles. The van der Waals surface area contributed by atoms with Crippen LogP contribution >= 0.6 is 0 Å². The Labute approximate surface area is 152 Å². The second-order valence-corrected chi connectivity index (χ2v) is 6.82. The van der Waals surface area contributed by atoms with E-state index in [1.807, 2.05) is 6.08 Å². The molecule has 1 unspecified atom stereocenters. The lowest BCUT2D eigenvalue weighted by Crippen LogP contribution is -2.20. The maximum atomic E-state index is 4.07. The zero-order valence-corrected chi connectivity index (χ0v) is 15.7. The molecule has 1 atom stereocenters. The number of nitrogens with one attached hydrogen (secondary N) is 1. The first kappa shape index (κ1) is 17.5. The van der Waals surface area contributed by atoms with E-state index in [-0.39, 0.29) is 6.04 Å². The summed E-state index contributed by atoms with van der Waals surface area (Å²) in [6, 6.07) is 4.94. The summed E-state index contributed by atoms with van der Waals surface area (Å²) in [5.41, 5.74) is 8.49. The molecule has 1 aliphatic carbocycles. The van der Waals surface area contributed by atoms with E-state index in [0.717, 1.165) is 6.42 Å². The van der Waals surface area contributed by atoms with Gasteiger partial charge in [-0.3, -0.25) is 0 Å². The minimum absolute atomic E-state index is 0.256. The summed E-state index contributed by atoms with van der Waals surface area (Å²) in [5.74, 6) is 0.611. The average molecular weight is 332 g/mol. The van der Waals surface area contributed by atoms with E-state index < -0.39 is 0 Å². The molecule has 1 N–H and O–H groups in total. The Morgan fingerprint density at radius 2 is 2.04 bits per heavy atom. The number of hydrogen-bond acceptors (Lipinski definition) is 1. The van der Waals surface area contributed by atoms with Gasteiger partial charge < -0.3 is 5.32 Å². The molecular formula is C24H29N. The topological polar surface area (TPSA) is 12.0 Å². The summed E-state index contributed by atoms with van der Waals surface area (Å²) in [6.07, 6.45) is 18.3. The van der Waals surface area contributed by atoms with Gasteiger partial charge in [-0.05, 0) is 77.8 Å². The summed E-state index contributed by atoms with van der Waals surface area (Å²) >= 11 is 0. The van der Waals surface area contributed by atoms with Gasteiger partial charge in [-0.25, -0.2) is 0 Å². The summed E-state index contributed by atoms with van der Waals surface area (Å²) in [5, 5.41) is 3.56. The third kappa shape index (κ3) is 3.16. The molecule has 0 saturated heterocycles. The number of dihydropyridines is 1. The van der Waals surface area contributed by atoms with Crippen LogP contribution in [0, 0.1) is 0 Å². The highest BCUT2D eigenvalue weighted by Crippen LogP contribution is 2.42. The average Bonchev–Trinajstić information content (AvgIpc) is 3.00. The van der Waals surface area contributed by atoms with Crippen molar-refractivity contribution in [3.05, 3.63) is 89.2 Å². The van der Waals surface area contributed by atoms with Crippen LogP contribution in [0.2, 0.25) is 0 Å². The van der Waals surface area contributed by atoms with Gasteiger partial charge in [-0.1, -0.05) is 62.9 Å². The summed E-state index contributed by atoms with van der Waals surface area (Å²) in [7, 11) is 0. The Morgan fingerprint density at radius 3 is 2.64 bits per heavy atom. The van der Waals surface area contributed by atoms with E-state index in [2.05, 4.69) is 81.4 Å². The first-order valence-corrected chi connectivity index (χ1v) is 9.48. The Kier molecular flexibility index (Phi) is 5.43. The molecule has 3 rings (SSSR count). The second kappa shape index (κ2) is 7.74. The van der Waals surface area contributed by atoms with Crippen molar-refractivity contribution in [1.82, 2.24) is 5.32 Å².